The van der Waals surface area contributed by atoms with Gasteiger partial charge in [0.25, 0.3) is 0 Å². The van der Waals surface area contributed by atoms with E-state index in [4.69, 9.17) is 10.8 Å². The van der Waals surface area contributed by atoms with Crippen molar-refractivity contribution in [2.75, 3.05) is 6.61 Å². The van der Waals surface area contributed by atoms with Crippen molar-refractivity contribution in [2.24, 2.45) is 5.73 Å². The van der Waals surface area contributed by atoms with Gasteiger partial charge in [0, 0.05) is 27.7 Å². The molecule has 1 aromatic heterocycles. The molecule has 3 unspecified atom stereocenters. The predicted molar refractivity (Wildman–Crippen MR) is 74.2 cm³/mol. The molecular weight excluding hydrogens is 238 g/mol. The first-order valence-corrected chi connectivity index (χ1v) is 7.38. The number of thioether (sulfide) groups is 1. The van der Waals surface area contributed by atoms with Crippen LogP contribution in [0.2, 0.25) is 0 Å². The second kappa shape index (κ2) is 6.64. The maximum absolute atomic E-state index is 8.92. The molecule has 0 radical (unpaired) electrons. The molecule has 0 aromatic carbocycles. The molecule has 4 heteroatoms. The Hall–Kier alpha value is -0.0300. The quantitative estimate of drug-likeness (QED) is 0.825. The largest absolute Gasteiger partial charge is 0.396 e. The molecule has 3 atom stereocenters. The van der Waals surface area contributed by atoms with Crippen molar-refractivity contribution < 1.29 is 5.11 Å². The molecule has 3 N–H and O–H groups in total. The second-order valence-corrected chi connectivity index (χ2v) is 7.09. The number of aryl methyl sites for hydroxylation is 1. The molecule has 0 fully saturated rings. The molecule has 1 heterocycles. The van der Waals surface area contributed by atoms with Gasteiger partial charge in [0.1, 0.15) is 0 Å². The highest BCUT2D eigenvalue weighted by molar-refractivity contribution is 8.00. The van der Waals surface area contributed by atoms with E-state index in [9.17, 15) is 0 Å². The zero-order valence-electron chi connectivity index (χ0n) is 10.1. The van der Waals surface area contributed by atoms with Crippen LogP contribution in [0.3, 0.4) is 0 Å². The lowest BCUT2D eigenvalue weighted by Gasteiger charge is -2.22. The molecule has 0 saturated carbocycles. The highest BCUT2D eigenvalue weighted by Gasteiger charge is 2.21. The first-order valence-electron chi connectivity index (χ1n) is 5.62. The van der Waals surface area contributed by atoms with E-state index >= 15 is 0 Å². The molecule has 0 aliphatic heterocycles. The minimum absolute atomic E-state index is 0.143. The lowest BCUT2D eigenvalue weighted by Crippen LogP contribution is -2.23. The van der Waals surface area contributed by atoms with Gasteiger partial charge in [-0.25, -0.2) is 0 Å². The molecule has 0 saturated heterocycles. The van der Waals surface area contributed by atoms with Gasteiger partial charge in [-0.2, -0.15) is 0 Å². The molecule has 0 amide bonds. The van der Waals surface area contributed by atoms with Crippen LogP contribution in [0, 0.1) is 6.92 Å². The second-order valence-electron chi connectivity index (χ2n) is 4.19. The van der Waals surface area contributed by atoms with Gasteiger partial charge in [-0.1, -0.05) is 6.92 Å². The fourth-order valence-electron chi connectivity index (χ4n) is 1.56. The molecule has 0 bridgehead atoms. The van der Waals surface area contributed by atoms with Crippen LogP contribution >= 0.6 is 23.1 Å². The number of nitrogens with two attached hydrogens (primary N) is 1. The summed E-state index contributed by atoms with van der Waals surface area (Å²) in [7, 11) is 0. The minimum Gasteiger partial charge on any atom is -0.396 e. The monoisotopic (exact) mass is 259 g/mol. The van der Waals surface area contributed by atoms with Crippen LogP contribution in [-0.2, 0) is 0 Å². The predicted octanol–water partition coefficient (Wildman–Crippen LogP) is 2.95. The van der Waals surface area contributed by atoms with Crippen molar-refractivity contribution in [2.45, 2.75) is 43.7 Å². The Morgan fingerprint density at radius 3 is 2.56 bits per heavy atom. The van der Waals surface area contributed by atoms with Gasteiger partial charge >= 0.3 is 0 Å². The fraction of sp³-hybridized carbons (Fsp3) is 0.667. The highest BCUT2D eigenvalue weighted by atomic mass is 32.2. The molecule has 1 rings (SSSR count). The molecular formula is C12H21NOS2. The molecule has 2 nitrogen and oxygen atoms in total. The number of aliphatic hydroxyl groups excluding tert-OH is 1. The summed E-state index contributed by atoms with van der Waals surface area (Å²) in [6.45, 7) is 6.58. The van der Waals surface area contributed by atoms with Crippen molar-refractivity contribution in [1.29, 1.82) is 0 Å². The zero-order chi connectivity index (χ0) is 12.1. The van der Waals surface area contributed by atoms with Crippen molar-refractivity contribution in [3.05, 3.63) is 21.9 Å². The summed E-state index contributed by atoms with van der Waals surface area (Å²) in [5.41, 5.74) is 6.05. The first-order chi connectivity index (χ1) is 7.54. The average molecular weight is 259 g/mol. The Morgan fingerprint density at radius 1 is 1.44 bits per heavy atom. The van der Waals surface area contributed by atoms with Gasteiger partial charge in [-0.15, -0.1) is 23.1 Å². The summed E-state index contributed by atoms with van der Waals surface area (Å²) in [6.07, 6.45) is 0.832. The first kappa shape index (κ1) is 14.0. The number of rotatable bonds is 6. The molecule has 92 valence electrons. The van der Waals surface area contributed by atoms with Gasteiger partial charge in [0.05, 0.1) is 5.25 Å². The smallest absolute Gasteiger partial charge is 0.0542 e. The van der Waals surface area contributed by atoms with Crippen molar-refractivity contribution in [3.63, 3.8) is 0 Å². The van der Waals surface area contributed by atoms with E-state index in [0.29, 0.717) is 10.5 Å². The van der Waals surface area contributed by atoms with E-state index in [2.05, 4.69) is 32.9 Å². The van der Waals surface area contributed by atoms with Crippen LogP contribution in [0.15, 0.2) is 12.1 Å². The Balaban J connectivity index is 2.68. The Kier molecular flexibility index (Phi) is 5.83. The van der Waals surface area contributed by atoms with E-state index < -0.39 is 0 Å². The minimum atomic E-state index is 0.143. The van der Waals surface area contributed by atoms with E-state index in [1.165, 1.54) is 9.75 Å². The molecule has 0 aliphatic carbocycles. The number of aliphatic hydroxyl groups is 1. The Bertz CT molecular complexity index is 312. The fourth-order valence-corrected chi connectivity index (χ4v) is 4.04. The van der Waals surface area contributed by atoms with Crippen LogP contribution < -0.4 is 5.73 Å². The SMILES string of the molecule is Cc1ccc(C(SC(C)CCO)C(C)N)s1. The van der Waals surface area contributed by atoms with Crippen molar-refractivity contribution in [1.82, 2.24) is 0 Å². The van der Waals surface area contributed by atoms with Crippen molar-refractivity contribution >= 4 is 23.1 Å². The third kappa shape index (κ3) is 4.09. The van der Waals surface area contributed by atoms with Crippen LogP contribution in [-0.4, -0.2) is 23.0 Å². The summed E-state index contributed by atoms with van der Waals surface area (Å²) < 4.78 is 0. The molecule has 1 aromatic rings. The summed E-state index contributed by atoms with van der Waals surface area (Å²) in [6, 6.07) is 4.46. The van der Waals surface area contributed by atoms with Crippen LogP contribution in [0.1, 0.15) is 35.3 Å². The lowest BCUT2D eigenvalue weighted by molar-refractivity contribution is 0.288. The zero-order valence-corrected chi connectivity index (χ0v) is 11.8. The lowest BCUT2D eigenvalue weighted by atomic mass is 10.2. The summed E-state index contributed by atoms with van der Waals surface area (Å²) in [5.74, 6) is 0. The topological polar surface area (TPSA) is 46.2 Å². The van der Waals surface area contributed by atoms with Gasteiger partial charge in [0.2, 0.25) is 0 Å². The molecule has 0 aliphatic rings. The van der Waals surface area contributed by atoms with Crippen LogP contribution in [0.25, 0.3) is 0 Å². The van der Waals surface area contributed by atoms with E-state index in [-0.39, 0.29) is 12.6 Å². The summed E-state index contributed by atoms with van der Waals surface area (Å²) >= 11 is 3.69. The van der Waals surface area contributed by atoms with Crippen molar-refractivity contribution in [3.8, 4) is 0 Å². The number of thiophene rings is 1. The molecule has 0 spiro atoms. The van der Waals surface area contributed by atoms with Gasteiger partial charge < -0.3 is 10.8 Å². The maximum Gasteiger partial charge on any atom is 0.0542 e. The number of hydrogen-bond acceptors (Lipinski definition) is 4. The normalized spacial score (nSPS) is 17.1. The van der Waals surface area contributed by atoms with Gasteiger partial charge in [0.15, 0.2) is 0 Å². The average Bonchev–Trinajstić information content (AvgIpc) is 2.61. The Morgan fingerprint density at radius 2 is 2.12 bits per heavy atom. The summed E-state index contributed by atoms with van der Waals surface area (Å²) in [5, 5.41) is 9.72. The Labute approximate surface area is 106 Å². The van der Waals surface area contributed by atoms with Gasteiger partial charge in [-0.05, 0) is 32.4 Å². The van der Waals surface area contributed by atoms with E-state index in [0.717, 1.165) is 6.42 Å². The van der Waals surface area contributed by atoms with Crippen LogP contribution in [0.5, 0.6) is 0 Å². The van der Waals surface area contributed by atoms with E-state index in [1.54, 1.807) is 0 Å². The third-order valence-corrected chi connectivity index (χ3v) is 5.34. The summed E-state index contributed by atoms with van der Waals surface area (Å²) in [4.78, 5) is 2.68. The third-order valence-electron chi connectivity index (χ3n) is 2.43. The molecule has 16 heavy (non-hydrogen) atoms. The highest BCUT2D eigenvalue weighted by Crippen LogP contribution is 2.38. The van der Waals surface area contributed by atoms with E-state index in [1.807, 2.05) is 23.1 Å². The number of hydrogen-bond donors (Lipinski definition) is 2. The standard InChI is InChI=1S/C12H21NOS2/c1-8-4-5-11(15-8)12(10(3)13)16-9(2)6-7-14/h4-5,9-10,12,14H,6-7,13H2,1-3H3. The maximum atomic E-state index is 8.92. The van der Waals surface area contributed by atoms with Crippen LogP contribution in [0.4, 0.5) is 0 Å². The van der Waals surface area contributed by atoms with Gasteiger partial charge in [-0.3, -0.25) is 0 Å².